The van der Waals surface area contributed by atoms with Gasteiger partial charge in [0.25, 0.3) is 5.91 Å². The third kappa shape index (κ3) is 4.45. The third-order valence-corrected chi connectivity index (χ3v) is 5.06. The van der Waals surface area contributed by atoms with Gasteiger partial charge in [-0.3, -0.25) is 4.79 Å². The number of hydrogen-bond donors (Lipinski definition) is 0. The van der Waals surface area contributed by atoms with Crippen molar-refractivity contribution in [2.45, 2.75) is 26.3 Å². The largest absolute Gasteiger partial charge is 0.494 e. The van der Waals surface area contributed by atoms with Crippen molar-refractivity contribution in [1.82, 2.24) is 19.7 Å². The second-order valence-electron chi connectivity index (χ2n) is 7.69. The second kappa shape index (κ2) is 9.04. The van der Waals surface area contributed by atoms with Crippen LogP contribution in [0.25, 0.3) is 22.5 Å². The number of furan rings is 1. The standard InChI is InChI=1S/C24H26N4O3/c1-17(2)28-23-20(16-25-28)19(15-21(26-23)22-11-7-13-31-22)24(29)27(3)12-8-14-30-18-9-5-4-6-10-18/h4-7,9-11,13,15-17H,8,12,14H2,1-3H3. The van der Waals surface area contributed by atoms with Crippen molar-refractivity contribution < 1.29 is 13.9 Å². The van der Waals surface area contributed by atoms with Crippen LogP contribution in [-0.2, 0) is 0 Å². The van der Waals surface area contributed by atoms with E-state index in [9.17, 15) is 4.79 Å². The number of amides is 1. The molecular formula is C24H26N4O3. The van der Waals surface area contributed by atoms with Crippen molar-refractivity contribution >= 4 is 16.9 Å². The number of pyridine rings is 1. The molecule has 0 aliphatic carbocycles. The lowest BCUT2D eigenvalue weighted by molar-refractivity contribution is 0.0789. The Morgan fingerprint density at radius 2 is 2.00 bits per heavy atom. The minimum atomic E-state index is -0.0803. The maximum atomic E-state index is 13.3. The van der Waals surface area contributed by atoms with E-state index in [1.165, 1.54) is 0 Å². The molecule has 31 heavy (non-hydrogen) atoms. The van der Waals surface area contributed by atoms with E-state index in [0.717, 1.165) is 17.6 Å². The summed E-state index contributed by atoms with van der Waals surface area (Å²) in [5.74, 6) is 1.37. The maximum Gasteiger partial charge on any atom is 0.254 e. The highest BCUT2D eigenvalue weighted by atomic mass is 16.5. The zero-order valence-corrected chi connectivity index (χ0v) is 18.0. The quantitative estimate of drug-likeness (QED) is 0.384. The number of rotatable bonds is 8. The third-order valence-electron chi connectivity index (χ3n) is 5.06. The van der Waals surface area contributed by atoms with Gasteiger partial charge in [-0.15, -0.1) is 0 Å². The first-order valence-electron chi connectivity index (χ1n) is 10.4. The van der Waals surface area contributed by atoms with Gasteiger partial charge in [-0.1, -0.05) is 18.2 Å². The van der Waals surface area contributed by atoms with Crippen LogP contribution in [0.2, 0.25) is 0 Å². The molecule has 4 aromatic rings. The van der Waals surface area contributed by atoms with Crippen LogP contribution < -0.4 is 4.74 Å². The van der Waals surface area contributed by atoms with Gasteiger partial charge in [0.05, 0.1) is 30.0 Å². The van der Waals surface area contributed by atoms with E-state index in [2.05, 4.69) is 5.10 Å². The average Bonchev–Trinajstić information content (AvgIpc) is 3.46. The van der Waals surface area contributed by atoms with Gasteiger partial charge < -0.3 is 14.1 Å². The molecule has 0 unspecified atom stereocenters. The number of carbonyl (C=O) groups is 1. The SMILES string of the molecule is CC(C)n1ncc2c(C(=O)N(C)CCCOc3ccccc3)cc(-c3ccco3)nc21. The minimum Gasteiger partial charge on any atom is -0.494 e. The maximum absolute atomic E-state index is 13.3. The molecule has 3 heterocycles. The molecule has 0 saturated carbocycles. The minimum absolute atomic E-state index is 0.0803. The van der Waals surface area contributed by atoms with E-state index in [-0.39, 0.29) is 11.9 Å². The molecule has 0 N–H and O–H groups in total. The Bertz CT molecular complexity index is 1150. The fourth-order valence-electron chi connectivity index (χ4n) is 3.44. The lowest BCUT2D eigenvalue weighted by Gasteiger charge is -2.18. The fraction of sp³-hybridized carbons (Fsp3) is 0.292. The molecule has 0 spiro atoms. The Hall–Kier alpha value is -3.61. The summed E-state index contributed by atoms with van der Waals surface area (Å²) in [6, 6.07) is 15.2. The Morgan fingerprint density at radius 1 is 1.19 bits per heavy atom. The van der Waals surface area contributed by atoms with Gasteiger partial charge in [0.2, 0.25) is 0 Å². The predicted molar refractivity (Wildman–Crippen MR) is 119 cm³/mol. The topological polar surface area (TPSA) is 73.4 Å². The van der Waals surface area contributed by atoms with Crippen LogP contribution in [0.3, 0.4) is 0 Å². The number of carbonyl (C=O) groups excluding carboxylic acids is 1. The van der Waals surface area contributed by atoms with Crippen molar-refractivity contribution in [1.29, 1.82) is 0 Å². The van der Waals surface area contributed by atoms with Crippen molar-refractivity contribution in [2.24, 2.45) is 0 Å². The van der Waals surface area contributed by atoms with Gasteiger partial charge in [-0.2, -0.15) is 5.10 Å². The molecule has 1 aromatic carbocycles. The van der Waals surface area contributed by atoms with Gasteiger partial charge in [0, 0.05) is 19.6 Å². The number of fused-ring (bicyclic) bond motifs is 1. The van der Waals surface area contributed by atoms with Crippen LogP contribution in [-0.4, -0.2) is 45.8 Å². The Labute approximate surface area is 181 Å². The molecule has 0 saturated heterocycles. The number of aromatic nitrogens is 3. The van der Waals surface area contributed by atoms with Gasteiger partial charge in [-0.25, -0.2) is 9.67 Å². The van der Waals surface area contributed by atoms with Crippen molar-refractivity contribution in [3.8, 4) is 17.2 Å². The first-order valence-corrected chi connectivity index (χ1v) is 10.4. The summed E-state index contributed by atoms with van der Waals surface area (Å²) < 4.78 is 13.1. The molecule has 0 bridgehead atoms. The molecule has 160 valence electrons. The van der Waals surface area contributed by atoms with Crippen LogP contribution in [0.4, 0.5) is 0 Å². The highest BCUT2D eigenvalue weighted by Crippen LogP contribution is 2.27. The smallest absolute Gasteiger partial charge is 0.254 e. The van der Waals surface area contributed by atoms with Crippen molar-refractivity contribution in [2.75, 3.05) is 20.2 Å². The lowest BCUT2D eigenvalue weighted by atomic mass is 10.1. The average molecular weight is 418 g/mol. The number of nitrogens with zero attached hydrogens (tertiary/aromatic N) is 4. The van der Waals surface area contributed by atoms with Crippen molar-refractivity contribution in [3.05, 3.63) is 66.6 Å². The molecule has 7 heteroatoms. The van der Waals surface area contributed by atoms with Gasteiger partial charge >= 0.3 is 0 Å². The summed E-state index contributed by atoms with van der Waals surface area (Å²) in [6.07, 6.45) is 4.04. The molecule has 7 nitrogen and oxygen atoms in total. The van der Waals surface area contributed by atoms with Crippen LogP contribution in [0.5, 0.6) is 5.75 Å². The first-order chi connectivity index (χ1) is 15.0. The summed E-state index contributed by atoms with van der Waals surface area (Å²) in [5.41, 5.74) is 1.85. The number of benzene rings is 1. The first kappa shape index (κ1) is 20.7. The molecule has 0 radical (unpaired) electrons. The fourth-order valence-corrected chi connectivity index (χ4v) is 3.44. The lowest BCUT2D eigenvalue weighted by Crippen LogP contribution is -2.29. The van der Waals surface area contributed by atoms with E-state index in [1.54, 1.807) is 36.5 Å². The molecule has 0 atom stereocenters. The normalized spacial score (nSPS) is 11.2. The molecular weight excluding hydrogens is 392 g/mol. The molecule has 0 fully saturated rings. The Morgan fingerprint density at radius 3 is 2.71 bits per heavy atom. The van der Waals surface area contributed by atoms with Gasteiger partial charge in [0.1, 0.15) is 11.4 Å². The Balaban J connectivity index is 1.55. The van der Waals surface area contributed by atoms with E-state index < -0.39 is 0 Å². The van der Waals surface area contributed by atoms with E-state index in [4.69, 9.17) is 14.1 Å². The molecule has 1 amide bonds. The Kier molecular flexibility index (Phi) is 6.02. The van der Waals surface area contributed by atoms with E-state index in [0.29, 0.717) is 35.8 Å². The number of ether oxygens (including phenoxy) is 1. The number of hydrogen-bond acceptors (Lipinski definition) is 5. The van der Waals surface area contributed by atoms with Crippen LogP contribution in [0.1, 0.15) is 36.7 Å². The highest BCUT2D eigenvalue weighted by molar-refractivity contribution is 6.06. The van der Waals surface area contributed by atoms with E-state index in [1.807, 2.05) is 54.9 Å². The summed E-state index contributed by atoms with van der Waals surface area (Å²) in [6.45, 7) is 5.18. The summed E-state index contributed by atoms with van der Waals surface area (Å²) in [4.78, 5) is 19.7. The van der Waals surface area contributed by atoms with Gasteiger partial charge in [-0.05, 0) is 50.6 Å². The number of para-hydroxylation sites is 1. The van der Waals surface area contributed by atoms with Crippen LogP contribution in [0.15, 0.2) is 65.4 Å². The zero-order valence-electron chi connectivity index (χ0n) is 18.0. The monoisotopic (exact) mass is 418 g/mol. The summed E-state index contributed by atoms with van der Waals surface area (Å²) in [5, 5.41) is 5.20. The van der Waals surface area contributed by atoms with Crippen LogP contribution >= 0.6 is 0 Å². The molecule has 4 rings (SSSR count). The van der Waals surface area contributed by atoms with Crippen molar-refractivity contribution in [3.63, 3.8) is 0 Å². The zero-order chi connectivity index (χ0) is 21.8. The second-order valence-corrected chi connectivity index (χ2v) is 7.69. The predicted octanol–water partition coefficient (Wildman–Crippen LogP) is 4.81. The molecule has 0 aliphatic heterocycles. The summed E-state index contributed by atoms with van der Waals surface area (Å²) >= 11 is 0. The highest BCUT2D eigenvalue weighted by Gasteiger charge is 2.21. The molecule has 3 aromatic heterocycles. The van der Waals surface area contributed by atoms with E-state index >= 15 is 0 Å². The summed E-state index contributed by atoms with van der Waals surface area (Å²) in [7, 11) is 1.80. The van der Waals surface area contributed by atoms with Gasteiger partial charge in [0.15, 0.2) is 11.4 Å². The molecule has 0 aliphatic rings. The van der Waals surface area contributed by atoms with Crippen LogP contribution in [0, 0.1) is 0 Å².